The molecule has 2 rings (SSSR count). The lowest BCUT2D eigenvalue weighted by atomic mass is 10.1. The number of carbonyl (C=O) groups excluding carboxylic acids is 1. The largest absolute Gasteiger partial charge is 0.416 e. The van der Waals surface area contributed by atoms with Crippen LogP contribution in [-0.4, -0.2) is 36.9 Å². The number of hydrogen-bond donors (Lipinski definition) is 3. The van der Waals surface area contributed by atoms with Crippen LogP contribution >= 0.6 is 11.6 Å². The predicted molar refractivity (Wildman–Crippen MR) is 102 cm³/mol. The molecule has 0 bridgehead atoms. The van der Waals surface area contributed by atoms with Crippen LogP contribution in [0.3, 0.4) is 0 Å². The molecule has 10 heteroatoms. The SMILES string of the molecule is COCCNc1ncc(C(=O)Nc2ccc(C(F)(F)F)cc2)c(Cl)c1C(C)=N. The van der Waals surface area contributed by atoms with E-state index in [9.17, 15) is 18.0 Å². The topological polar surface area (TPSA) is 87.1 Å². The van der Waals surface area contributed by atoms with Gasteiger partial charge in [0.15, 0.2) is 0 Å². The molecule has 0 atom stereocenters. The van der Waals surface area contributed by atoms with E-state index >= 15 is 0 Å². The van der Waals surface area contributed by atoms with Gasteiger partial charge in [0.05, 0.1) is 28.3 Å². The fraction of sp³-hybridized carbons (Fsp3) is 0.278. The van der Waals surface area contributed by atoms with Crippen molar-refractivity contribution in [1.82, 2.24) is 4.98 Å². The first kappa shape index (κ1) is 21.6. The van der Waals surface area contributed by atoms with Crippen LogP contribution in [0.4, 0.5) is 24.7 Å². The van der Waals surface area contributed by atoms with Crippen molar-refractivity contribution in [3.63, 3.8) is 0 Å². The van der Waals surface area contributed by atoms with Crippen molar-refractivity contribution in [2.75, 3.05) is 30.9 Å². The highest BCUT2D eigenvalue weighted by molar-refractivity contribution is 6.38. The number of nitrogens with one attached hydrogen (secondary N) is 3. The maximum Gasteiger partial charge on any atom is 0.416 e. The van der Waals surface area contributed by atoms with E-state index in [1.54, 1.807) is 7.11 Å². The number of anilines is 2. The molecular weight excluding hydrogens is 397 g/mol. The summed E-state index contributed by atoms with van der Waals surface area (Å²) < 4.78 is 42.8. The van der Waals surface area contributed by atoms with E-state index in [-0.39, 0.29) is 27.5 Å². The van der Waals surface area contributed by atoms with Crippen LogP contribution in [0.1, 0.15) is 28.4 Å². The summed E-state index contributed by atoms with van der Waals surface area (Å²) in [4.78, 5) is 16.6. The first-order valence-corrected chi connectivity index (χ1v) is 8.48. The molecule has 2 aromatic rings. The quantitative estimate of drug-likeness (QED) is 0.461. The maximum absolute atomic E-state index is 12.6. The first-order chi connectivity index (χ1) is 13.1. The number of rotatable bonds is 7. The molecule has 1 heterocycles. The summed E-state index contributed by atoms with van der Waals surface area (Å²) in [6.45, 7) is 2.34. The average molecular weight is 415 g/mol. The van der Waals surface area contributed by atoms with Crippen LogP contribution < -0.4 is 10.6 Å². The van der Waals surface area contributed by atoms with Crippen molar-refractivity contribution in [3.8, 4) is 0 Å². The van der Waals surface area contributed by atoms with Crippen LogP contribution in [0, 0.1) is 5.41 Å². The minimum absolute atomic E-state index is 0.000422. The fourth-order valence-corrected chi connectivity index (χ4v) is 2.70. The minimum Gasteiger partial charge on any atom is -0.383 e. The Balaban J connectivity index is 2.25. The molecule has 1 aromatic heterocycles. The van der Waals surface area contributed by atoms with Gasteiger partial charge in [-0.05, 0) is 31.2 Å². The zero-order valence-corrected chi connectivity index (χ0v) is 15.8. The summed E-state index contributed by atoms with van der Waals surface area (Å²) in [7, 11) is 1.54. The number of nitrogens with zero attached hydrogens (tertiary/aromatic N) is 1. The lowest BCUT2D eigenvalue weighted by Gasteiger charge is -2.15. The molecule has 1 aromatic carbocycles. The van der Waals surface area contributed by atoms with Crippen molar-refractivity contribution in [1.29, 1.82) is 5.41 Å². The normalized spacial score (nSPS) is 11.2. The Bertz CT molecular complexity index is 870. The molecule has 0 aliphatic heterocycles. The number of aromatic nitrogens is 1. The van der Waals surface area contributed by atoms with E-state index in [2.05, 4.69) is 15.6 Å². The van der Waals surface area contributed by atoms with Crippen LogP contribution in [0.5, 0.6) is 0 Å². The smallest absolute Gasteiger partial charge is 0.383 e. The van der Waals surface area contributed by atoms with Crippen molar-refractivity contribution in [2.45, 2.75) is 13.1 Å². The molecular formula is C18H18ClF3N4O2. The van der Waals surface area contributed by atoms with Gasteiger partial charge in [-0.2, -0.15) is 13.2 Å². The molecule has 0 saturated heterocycles. The van der Waals surface area contributed by atoms with Crippen LogP contribution in [-0.2, 0) is 10.9 Å². The lowest BCUT2D eigenvalue weighted by Crippen LogP contribution is -2.17. The third kappa shape index (κ3) is 5.20. The zero-order valence-electron chi connectivity index (χ0n) is 15.1. The summed E-state index contributed by atoms with van der Waals surface area (Å²) >= 11 is 6.31. The van der Waals surface area contributed by atoms with Gasteiger partial charge in [-0.15, -0.1) is 0 Å². The molecule has 28 heavy (non-hydrogen) atoms. The number of carbonyl (C=O) groups is 1. The molecule has 0 fully saturated rings. The van der Waals surface area contributed by atoms with Crippen molar-refractivity contribution in [2.24, 2.45) is 0 Å². The van der Waals surface area contributed by atoms with Gasteiger partial charge < -0.3 is 20.8 Å². The average Bonchev–Trinajstić information content (AvgIpc) is 2.61. The van der Waals surface area contributed by atoms with Gasteiger partial charge in [-0.1, -0.05) is 11.6 Å². The van der Waals surface area contributed by atoms with Gasteiger partial charge in [0.1, 0.15) is 5.82 Å². The predicted octanol–water partition coefficient (Wildman–Crippen LogP) is 4.45. The molecule has 0 saturated carbocycles. The van der Waals surface area contributed by atoms with Crippen LogP contribution in [0.15, 0.2) is 30.5 Å². The molecule has 150 valence electrons. The number of ether oxygens (including phenoxy) is 1. The summed E-state index contributed by atoms with van der Waals surface area (Å²) in [5, 5.41) is 13.4. The Morgan fingerprint density at radius 1 is 1.29 bits per heavy atom. The van der Waals surface area contributed by atoms with Gasteiger partial charge >= 0.3 is 6.18 Å². The van der Waals surface area contributed by atoms with Crippen molar-refractivity contribution < 1.29 is 22.7 Å². The monoisotopic (exact) mass is 414 g/mol. The second-order valence-corrected chi connectivity index (χ2v) is 6.16. The Labute approximate surface area is 164 Å². The fourth-order valence-electron chi connectivity index (χ4n) is 2.34. The van der Waals surface area contributed by atoms with E-state index in [0.29, 0.717) is 19.0 Å². The Kier molecular flexibility index (Phi) is 6.98. The third-order valence-electron chi connectivity index (χ3n) is 3.70. The third-order valence-corrected chi connectivity index (χ3v) is 4.10. The summed E-state index contributed by atoms with van der Waals surface area (Å²) in [5.74, 6) is -0.316. The number of benzene rings is 1. The standard InChI is InChI=1S/C18H18ClF3N4O2/c1-10(23)14-15(19)13(9-25-16(14)24-7-8-28-2)17(27)26-12-5-3-11(4-6-12)18(20,21)22/h3-6,9,23H,7-8H2,1-2H3,(H,24,25)(H,26,27). The molecule has 0 unspecified atom stereocenters. The molecule has 0 spiro atoms. The molecule has 3 N–H and O–H groups in total. The van der Waals surface area contributed by atoms with Crippen molar-refractivity contribution >= 4 is 34.7 Å². The Hall–Kier alpha value is -2.65. The molecule has 6 nitrogen and oxygen atoms in total. The van der Waals surface area contributed by atoms with Gasteiger partial charge in [0.2, 0.25) is 0 Å². The van der Waals surface area contributed by atoms with Gasteiger partial charge in [-0.25, -0.2) is 4.98 Å². The Morgan fingerprint density at radius 3 is 2.46 bits per heavy atom. The highest BCUT2D eigenvalue weighted by Gasteiger charge is 2.30. The first-order valence-electron chi connectivity index (χ1n) is 8.10. The van der Waals surface area contributed by atoms with E-state index in [0.717, 1.165) is 24.3 Å². The van der Waals surface area contributed by atoms with Crippen molar-refractivity contribution in [3.05, 3.63) is 52.2 Å². The van der Waals surface area contributed by atoms with E-state index in [4.69, 9.17) is 21.7 Å². The van der Waals surface area contributed by atoms with Gasteiger partial charge in [0, 0.05) is 31.3 Å². The second kappa shape index (κ2) is 9.03. The second-order valence-electron chi connectivity index (χ2n) is 5.78. The molecule has 0 radical (unpaired) electrons. The zero-order chi connectivity index (χ0) is 20.9. The van der Waals surface area contributed by atoms with Crippen LogP contribution in [0.2, 0.25) is 5.02 Å². The van der Waals surface area contributed by atoms with E-state index in [1.165, 1.54) is 13.1 Å². The molecule has 1 amide bonds. The maximum atomic E-state index is 12.6. The summed E-state index contributed by atoms with van der Waals surface area (Å²) in [6.07, 6.45) is -3.22. The Morgan fingerprint density at radius 2 is 1.93 bits per heavy atom. The highest BCUT2D eigenvalue weighted by Crippen LogP contribution is 2.30. The number of hydrogen-bond acceptors (Lipinski definition) is 5. The lowest BCUT2D eigenvalue weighted by molar-refractivity contribution is -0.137. The number of alkyl halides is 3. The minimum atomic E-state index is -4.46. The molecule has 0 aliphatic carbocycles. The van der Waals surface area contributed by atoms with Gasteiger partial charge in [-0.3, -0.25) is 4.79 Å². The highest BCUT2D eigenvalue weighted by atomic mass is 35.5. The van der Waals surface area contributed by atoms with E-state index < -0.39 is 17.6 Å². The summed E-state index contributed by atoms with van der Waals surface area (Å²) in [5.41, 5.74) is -0.289. The van der Waals surface area contributed by atoms with E-state index in [1.807, 2.05) is 0 Å². The number of methoxy groups -OCH3 is 1. The number of halogens is 4. The molecule has 0 aliphatic rings. The van der Waals surface area contributed by atoms with Crippen LogP contribution in [0.25, 0.3) is 0 Å². The number of pyridine rings is 1. The summed E-state index contributed by atoms with van der Waals surface area (Å²) in [6, 6.07) is 4.02. The van der Waals surface area contributed by atoms with Gasteiger partial charge in [0.25, 0.3) is 5.91 Å². The number of amides is 1.